The maximum Gasteiger partial charge on any atom is 0.252 e. The van der Waals surface area contributed by atoms with Crippen LogP contribution in [0.15, 0.2) is 6.07 Å². The third-order valence-electron chi connectivity index (χ3n) is 3.18. The van der Waals surface area contributed by atoms with Gasteiger partial charge in [-0.15, -0.1) is 0 Å². The Labute approximate surface area is 99.7 Å². The fourth-order valence-corrected chi connectivity index (χ4v) is 2.38. The van der Waals surface area contributed by atoms with E-state index >= 15 is 0 Å². The minimum absolute atomic E-state index is 0.583. The Balaban J connectivity index is 2.16. The lowest BCUT2D eigenvalue weighted by atomic mass is 10.2. The Morgan fingerprint density at radius 1 is 1.24 bits per heavy atom. The van der Waals surface area contributed by atoms with Crippen molar-refractivity contribution < 1.29 is 0 Å². The van der Waals surface area contributed by atoms with E-state index in [1.54, 1.807) is 4.68 Å². The molecule has 0 unspecified atom stereocenters. The fourth-order valence-electron chi connectivity index (χ4n) is 2.38. The fraction of sp³-hybridized carbons (Fsp3) is 0.417. The number of hydrogen-bond acceptors (Lipinski definition) is 4. The summed E-state index contributed by atoms with van der Waals surface area (Å²) in [6, 6.07) is 1.83. The van der Waals surface area contributed by atoms with Gasteiger partial charge in [0.25, 0.3) is 5.95 Å². The van der Waals surface area contributed by atoms with Gasteiger partial charge in [0.1, 0.15) is 5.82 Å². The number of anilines is 1. The van der Waals surface area contributed by atoms with Gasteiger partial charge in [-0.3, -0.25) is 0 Å². The van der Waals surface area contributed by atoms with E-state index in [0.29, 0.717) is 11.8 Å². The molecule has 2 N–H and O–H groups in total. The first kappa shape index (κ1) is 10.3. The summed E-state index contributed by atoms with van der Waals surface area (Å²) >= 11 is 0. The van der Waals surface area contributed by atoms with Gasteiger partial charge in [-0.2, -0.15) is 9.78 Å². The monoisotopic (exact) mass is 229 g/mol. The van der Waals surface area contributed by atoms with Crippen molar-refractivity contribution in [2.75, 3.05) is 5.73 Å². The number of fused-ring (bicyclic) bond motifs is 1. The van der Waals surface area contributed by atoms with Crippen molar-refractivity contribution in [2.24, 2.45) is 0 Å². The molecular formula is C12H15N5. The second kappa shape index (κ2) is 3.55. The lowest BCUT2D eigenvalue weighted by Crippen LogP contribution is -2.10. The maximum atomic E-state index is 5.89. The van der Waals surface area contributed by atoms with E-state index in [9.17, 15) is 0 Å². The SMILES string of the molecule is Cc1cc(N)n(-c2nc(C)c3c(n2)CCC3)n1. The predicted molar refractivity (Wildman–Crippen MR) is 65.1 cm³/mol. The molecule has 0 aromatic carbocycles. The summed E-state index contributed by atoms with van der Waals surface area (Å²) in [7, 11) is 0. The van der Waals surface area contributed by atoms with Crippen LogP contribution < -0.4 is 5.73 Å². The Kier molecular flexibility index (Phi) is 2.14. The Morgan fingerprint density at radius 3 is 2.76 bits per heavy atom. The van der Waals surface area contributed by atoms with Crippen molar-refractivity contribution in [1.82, 2.24) is 19.7 Å². The molecule has 2 aromatic rings. The van der Waals surface area contributed by atoms with Crippen molar-refractivity contribution in [3.05, 3.63) is 28.7 Å². The highest BCUT2D eigenvalue weighted by Crippen LogP contribution is 2.23. The number of hydrogen-bond donors (Lipinski definition) is 1. The van der Waals surface area contributed by atoms with Crippen LogP contribution in [0.4, 0.5) is 5.82 Å². The van der Waals surface area contributed by atoms with Crippen LogP contribution in [0.1, 0.15) is 29.1 Å². The first-order chi connectivity index (χ1) is 8.15. The van der Waals surface area contributed by atoms with Crippen LogP contribution in [0.5, 0.6) is 0 Å². The number of aromatic nitrogens is 4. The van der Waals surface area contributed by atoms with Crippen molar-refractivity contribution in [3.8, 4) is 5.95 Å². The summed E-state index contributed by atoms with van der Waals surface area (Å²) in [5.74, 6) is 1.17. The summed E-state index contributed by atoms with van der Waals surface area (Å²) in [6.45, 7) is 3.94. The molecule has 17 heavy (non-hydrogen) atoms. The van der Waals surface area contributed by atoms with E-state index in [4.69, 9.17) is 5.73 Å². The summed E-state index contributed by atoms with van der Waals surface area (Å²) in [6.07, 6.45) is 3.29. The summed E-state index contributed by atoms with van der Waals surface area (Å²) in [5.41, 5.74) is 10.3. The molecule has 0 amide bonds. The molecule has 88 valence electrons. The summed E-state index contributed by atoms with van der Waals surface area (Å²) in [4.78, 5) is 9.07. The molecule has 0 atom stereocenters. The van der Waals surface area contributed by atoms with Gasteiger partial charge in [0, 0.05) is 17.5 Å². The standard InChI is InChI=1S/C12H15N5/c1-7-6-11(13)17(16-7)12-14-8(2)9-4-3-5-10(9)15-12/h6H,3-5,13H2,1-2H3. The molecule has 5 heteroatoms. The third kappa shape index (κ3) is 1.58. The Morgan fingerprint density at radius 2 is 2.06 bits per heavy atom. The van der Waals surface area contributed by atoms with Crippen LogP contribution in [0.25, 0.3) is 5.95 Å². The van der Waals surface area contributed by atoms with Crippen LogP contribution in [-0.4, -0.2) is 19.7 Å². The molecule has 0 fully saturated rings. The Hall–Kier alpha value is -1.91. The van der Waals surface area contributed by atoms with Crippen molar-refractivity contribution in [2.45, 2.75) is 33.1 Å². The lowest BCUT2D eigenvalue weighted by molar-refractivity contribution is 0.786. The highest BCUT2D eigenvalue weighted by molar-refractivity contribution is 5.39. The zero-order valence-electron chi connectivity index (χ0n) is 10.1. The van der Waals surface area contributed by atoms with Crippen LogP contribution >= 0.6 is 0 Å². The number of rotatable bonds is 1. The Bertz CT molecular complexity index is 585. The van der Waals surface area contributed by atoms with E-state index in [0.717, 1.165) is 29.9 Å². The van der Waals surface area contributed by atoms with Crippen molar-refractivity contribution in [3.63, 3.8) is 0 Å². The van der Waals surface area contributed by atoms with E-state index in [1.807, 2.05) is 19.9 Å². The topological polar surface area (TPSA) is 69.6 Å². The van der Waals surface area contributed by atoms with Gasteiger partial charge in [-0.25, -0.2) is 9.97 Å². The van der Waals surface area contributed by atoms with Gasteiger partial charge in [-0.1, -0.05) is 0 Å². The first-order valence-electron chi connectivity index (χ1n) is 5.84. The highest BCUT2D eigenvalue weighted by atomic mass is 15.4. The van der Waals surface area contributed by atoms with Gasteiger partial charge in [0.2, 0.25) is 0 Å². The predicted octanol–water partition coefficient (Wildman–Crippen LogP) is 1.35. The minimum Gasteiger partial charge on any atom is -0.383 e. The molecule has 0 saturated heterocycles. The summed E-state index contributed by atoms with van der Waals surface area (Å²) < 4.78 is 1.61. The minimum atomic E-state index is 0.583. The second-order valence-electron chi connectivity index (χ2n) is 4.51. The molecule has 0 spiro atoms. The molecule has 2 aromatic heterocycles. The molecule has 2 heterocycles. The van der Waals surface area contributed by atoms with Gasteiger partial charge in [0.15, 0.2) is 0 Å². The average molecular weight is 229 g/mol. The van der Waals surface area contributed by atoms with Gasteiger partial charge in [0.05, 0.1) is 5.69 Å². The molecule has 0 bridgehead atoms. The molecule has 0 saturated carbocycles. The summed E-state index contributed by atoms with van der Waals surface area (Å²) in [5, 5.41) is 4.31. The number of nitrogens with two attached hydrogens (primary N) is 1. The highest BCUT2D eigenvalue weighted by Gasteiger charge is 2.18. The van der Waals surface area contributed by atoms with Gasteiger partial charge < -0.3 is 5.73 Å². The molecule has 3 rings (SSSR count). The van der Waals surface area contributed by atoms with Crippen LogP contribution in [0, 0.1) is 13.8 Å². The average Bonchev–Trinajstić information content (AvgIpc) is 2.84. The van der Waals surface area contributed by atoms with E-state index in [1.165, 1.54) is 12.0 Å². The van der Waals surface area contributed by atoms with Crippen LogP contribution in [0.3, 0.4) is 0 Å². The molecular weight excluding hydrogens is 214 g/mol. The van der Waals surface area contributed by atoms with E-state index in [2.05, 4.69) is 15.1 Å². The molecule has 5 nitrogen and oxygen atoms in total. The first-order valence-corrected chi connectivity index (χ1v) is 5.84. The number of nitrogen functional groups attached to an aromatic ring is 1. The van der Waals surface area contributed by atoms with E-state index in [-0.39, 0.29) is 0 Å². The van der Waals surface area contributed by atoms with Crippen LogP contribution in [-0.2, 0) is 12.8 Å². The van der Waals surface area contributed by atoms with Gasteiger partial charge >= 0.3 is 0 Å². The normalized spacial score (nSPS) is 14.0. The quantitative estimate of drug-likeness (QED) is 0.801. The zero-order valence-corrected chi connectivity index (χ0v) is 10.1. The molecule has 0 aliphatic heterocycles. The molecule has 1 aliphatic carbocycles. The third-order valence-corrected chi connectivity index (χ3v) is 3.18. The second-order valence-corrected chi connectivity index (χ2v) is 4.51. The molecule has 0 radical (unpaired) electrons. The lowest BCUT2D eigenvalue weighted by Gasteiger charge is -2.07. The number of aryl methyl sites for hydroxylation is 3. The van der Waals surface area contributed by atoms with Crippen molar-refractivity contribution >= 4 is 5.82 Å². The van der Waals surface area contributed by atoms with E-state index < -0.39 is 0 Å². The largest absolute Gasteiger partial charge is 0.383 e. The van der Waals surface area contributed by atoms with Gasteiger partial charge in [-0.05, 0) is 38.7 Å². The maximum absolute atomic E-state index is 5.89. The number of nitrogens with zero attached hydrogens (tertiary/aromatic N) is 4. The smallest absolute Gasteiger partial charge is 0.252 e. The zero-order chi connectivity index (χ0) is 12.0. The van der Waals surface area contributed by atoms with Crippen LogP contribution in [0.2, 0.25) is 0 Å². The van der Waals surface area contributed by atoms with Crippen molar-refractivity contribution in [1.29, 1.82) is 0 Å². The molecule has 1 aliphatic rings.